The largest absolute Gasteiger partial charge is 0.478 e. The Bertz CT molecular complexity index is 1300. The van der Waals surface area contributed by atoms with Gasteiger partial charge in [0.05, 0.1) is 16.8 Å². The molecule has 2 aromatic carbocycles. The Hall–Kier alpha value is -4.35. The molecule has 188 valence electrons. The SMILES string of the molecule is Cc1cc(-n2ccc(NC(=O)C3CCCN3C(=O)Nc3ccc(C(F)(F)F)cc3)n2)ccc1C(=O)O. The van der Waals surface area contributed by atoms with Crippen molar-refractivity contribution in [1.82, 2.24) is 14.7 Å². The van der Waals surface area contributed by atoms with Crippen LogP contribution in [0.15, 0.2) is 54.7 Å². The number of carbonyl (C=O) groups is 3. The fourth-order valence-corrected chi connectivity index (χ4v) is 3.99. The topological polar surface area (TPSA) is 117 Å². The molecule has 9 nitrogen and oxygen atoms in total. The Balaban J connectivity index is 1.40. The minimum Gasteiger partial charge on any atom is -0.478 e. The van der Waals surface area contributed by atoms with Crippen LogP contribution < -0.4 is 10.6 Å². The highest BCUT2D eigenvalue weighted by Gasteiger charge is 2.35. The van der Waals surface area contributed by atoms with E-state index < -0.39 is 35.7 Å². The molecule has 4 rings (SSSR count). The number of carboxylic acids is 1. The maximum atomic E-state index is 12.9. The Morgan fingerprint density at radius 1 is 1.06 bits per heavy atom. The number of hydrogen-bond acceptors (Lipinski definition) is 4. The van der Waals surface area contributed by atoms with Crippen molar-refractivity contribution in [2.75, 3.05) is 17.2 Å². The Kier molecular flexibility index (Phi) is 6.69. The number of likely N-dealkylation sites (tertiary alicyclic amines) is 1. The lowest BCUT2D eigenvalue weighted by atomic mass is 10.1. The van der Waals surface area contributed by atoms with Crippen molar-refractivity contribution in [3.8, 4) is 5.69 Å². The maximum absolute atomic E-state index is 12.9. The molecule has 0 bridgehead atoms. The number of nitrogens with one attached hydrogen (secondary N) is 2. The molecule has 1 aliphatic rings. The van der Waals surface area contributed by atoms with E-state index in [-0.39, 0.29) is 17.1 Å². The lowest BCUT2D eigenvalue weighted by Gasteiger charge is -2.24. The zero-order valence-corrected chi connectivity index (χ0v) is 19.0. The summed E-state index contributed by atoms with van der Waals surface area (Å²) in [6, 6.07) is 8.98. The first-order chi connectivity index (χ1) is 17.0. The van der Waals surface area contributed by atoms with Crippen molar-refractivity contribution in [1.29, 1.82) is 0 Å². The summed E-state index contributed by atoms with van der Waals surface area (Å²) in [6.45, 7) is 1.98. The lowest BCUT2D eigenvalue weighted by Crippen LogP contribution is -2.45. The first-order valence-electron chi connectivity index (χ1n) is 11.0. The van der Waals surface area contributed by atoms with Gasteiger partial charge >= 0.3 is 18.2 Å². The first kappa shape index (κ1) is 24.8. The quantitative estimate of drug-likeness (QED) is 0.475. The van der Waals surface area contributed by atoms with Gasteiger partial charge in [-0.15, -0.1) is 0 Å². The minimum atomic E-state index is -4.48. The van der Waals surface area contributed by atoms with Gasteiger partial charge in [-0.2, -0.15) is 18.3 Å². The number of amides is 3. The van der Waals surface area contributed by atoms with Crippen molar-refractivity contribution in [3.05, 3.63) is 71.4 Å². The maximum Gasteiger partial charge on any atom is 0.416 e. The summed E-state index contributed by atoms with van der Waals surface area (Å²) in [6.07, 6.45) is -1.87. The highest BCUT2D eigenvalue weighted by Crippen LogP contribution is 2.30. The van der Waals surface area contributed by atoms with Gasteiger partial charge in [0.1, 0.15) is 6.04 Å². The molecule has 36 heavy (non-hydrogen) atoms. The number of alkyl halides is 3. The highest BCUT2D eigenvalue weighted by molar-refractivity contribution is 5.99. The zero-order valence-electron chi connectivity index (χ0n) is 19.0. The number of carbonyl (C=O) groups excluding carboxylic acids is 2. The van der Waals surface area contributed by atoms with Gasteiger partial charge in [-0.3, -0.25) is 4.79 Å². The fraction of sp³-hybridized carbons (Fsp3) is 0.250. The van der Waals surface area contributed by atoms with Crippen molar-refractivity contribution in [2.24, 2.45) is 0 Å². The second kappa shape index (κ2) is 9.72. The number of hydrogen-bond donors (Lipinski definition) is 3. The zero-order chi connectivity index (χ0) is 26.0. The number of benzene rings is 2. The Morgan fingerprint density at radius 3 is 2.42 bits per heavy atom. The van der Waals surface area contributed by atoms with Crippen molar-refractivity contribution >= 4 is 29.4 Å². The molecular weight excluding hydrogens is 479 g/mol. The lowest BCUT2D eigenvalue weighted by molar-refractivity contribution is -0.137. The summed E-state index contributed by atoms with van der Waals surface area (Å²) >= 11 is 0. The average molecular weight is 501 g/mol. The van der Waals surface area contributed by atoms with E-state index in [1.807, 2.05) is 0 Å². The second-order valence-electron chi connectivity index (χ2n) is 8.30. The molecule has 0 aliphatic carbocycles. The third-order valence-corrected chi connectivity index (χ3v) is 5.83. The molecule has 0 spiro atoms. The summed E-state index contributed by atoms with van der Waals surface area (Å²) < 4.78 is 39.7. The van der Waals surface area contributed by atoms with E-state index in [0.717, 1.165) is 24.3 Å². The van der Waals surface area contributed by atoms with Gasteiger partial charge in [-0.05, 0) is 67.8 Å². The van der Waals surface area contributed by atoms with E-state index >= 15 is 0 Å². The van der Waals surface area contributed by atoms with Gasteiger partial charge in [0.15, 0.2) is 5.82 Å². The van der Waals surface area contributed by atoms with Crippen LogP contribution in [0, 0.1) is 6.92 Å². The van der Waals surface area contributed by atoms with E-state index in [1.54, 1.807) is 31.3 Å². The molecule has 1 saturated heterocycles. The van der Waals surface area contributed by atoms with E-state index in [4.69, 9.17) is 0 Å². The second-order valence-corrected chi connectivity index (χ2v) is 8.30. The molecule has 3 N–H and O–H groups in total. The van der Waals surface area contributed by atoms with Crippen molar-refractivity contribution < 1.29 is 32.7 Å². The summed E-state index contributed by atoms with van der Waals surface area (Å²) in [5.41, 5.74) is 0.696. The smallest absolute Gasteiger partial charge is 0.416 e. The van der Waals surface area contributed by atoms with Gasteiger partial charge in [0, 0.05) is 24.5 Å². The van der Waals surface area contributed by atoms with Crippen LogP contribution in [-0.4, -0.2) is 50.3 Å². The molecule has 1 aromatic heterocycles. The molecule has 1 fully saturated rings. The van der Waals surface area contributed by atoms with Crippen LogP contribution in [0.5, 0.6) is 0 Å². The summed E-state index contributed by atoms with van der Waals surface area (Å²) in [5, 5.41) is 18.7. The predicted molar refractivity (Wildman–Crippen MR) is 124 cm³/mol. The highest BCUT2D eigenvalue weighted by atomic mass is 19.4. The molecule has 1 unspecified atom stereocenters. The number of aromatic carboxylic acids is 1. The fourth-order valence-electron chi connectivity index (χ4n) is 3.99. The van der Waals surface area contributed by atoms with Crippen LogP contribution in [0.2, 0.25) is 0 Å². The van der Waals surface area contributed by atoms with Crippen LogP contribution in [0.4, 0.5) is 29.5 Å². The van der Waals surface area contributed by atoms with Crippen LogP contribution in [0.1, 0.15) is 34.3 Å². The molecule has 12 heteroatoms. The van der Waals surface area contributed by atoms with Crippen LogP contribution in [-0.2, 0) is 11.0 Å². The van der Waals surface area contributed by atoms with Crippen LogP contribution in [0.25, 0.3) is 5.69 Å². The van der Waals surface area contributed by atoms with Crippen molar-refractivity contribution in [2.45, 2.75) is 32.0 Å². The third-order valence-electron chi connectivity index (χ3n) is 5.83. The Labute approximate surface area is 203 Å². The monoisotopic (exact) mass is 501 g/mol. The summed E-state index contributed by atoms with van der Waals surface area (Å²) in [5.74, 6) is -1.23. The normalized spacial score (nSPS) is 15.6. The molecule has 0 radical (unpaired) electrons. The van der Waals surface area contributed by atoms with E-state index in [9.17, 15) is 32.7 Å². The number of urea groups is 1. The van der Waals surface area contributed by atoms with Crippen LogP contribution >= 0.6 is 0 Å². The summed E-state index contributed by atoms with van der Waals surface area (Å²) in [7, 11) is 0. The molecule has 1 atom stereocenters. The number of halogens is 3. The third kappa shape index (κ3) is 5.32. The molecule has 3 aromatic rings. The van der Waals surface area contributed by atoms with E-state index in [1.165, 1.54) is 15.6 Å². The Morgan fingerprint density at radius 2 is 1.78 bits per heavy atom. The van der Waals surface area contributed by atoms with Gasteiger partial charge in [-0.1, -0.05) is 0 Å². The van der Waals surface area contributed by atoms with Gasteiger partial charge in [0.2, 0.25) is 5.91 Å². The number of aryl methyl sites for hydroxylation is 1. The molecule has 1 aliphatic heterocycles. The first-order valence-corrected chi connectivity index (χ1v) is 11.0. The molecule has 0 saturated carbocycles. The molecule has 2 heterocycles. The van der Waals surface area contributed by atoms with E-state index in [2.05, 4.69) is 15.7 Å². The number of nitrogens with zero attached hydrogens (tertiary/aromatic N) is 3. The standard InChI is InChI=1S/C24H22F3N5O4/c1-14-13-17(8-9-18(14)22(34)35)32-12-10-20(30-32)29-21(33)19-3-2-11-31(19)23(36)28-16-6-4-15(5-7-16)24(25,26)27/h4-10,12-13,19H,2-3,11H2,1H3,(H,28,36)(H,34,35)(H,29,30,33). The van der Waals surface area contributed by atoms with Gasteiger partial charge < -0.3 is 20.6 Å². The number of anilines is 2. The van der Waals surface area contributed by atoms with E-state index in [0.29, 0.717) is 30.6 Å². The molecular formula is C24H22F3N5O4. The minimum absolute atomic E-state index is 0.176. The van der Waals surface area contributed by atoms with Gasteiger partial charge in [0.25, 0.3) is 0 Å². The summed E-state index contributed by atoms with van der Waals surface area (Å²) in [4.78, 5) is 38.1. The van der Waals surface area contributed by atoms with Crippen molar-refractivity contribution in [3.63, 3.8) is 0 Å². The van der Waals surface area contributed by atoms with Crippen LogP contribution in [0.3, 0.4) is 0 Å². The average Bonchev–Trinajstić information content (AvgIpc) is 3.48. The predicted octanol–water partition coefficient (Wildman–Crippen LogP) is 4.53. The van der Waals surface area contributed by atoms with Gasteiger partial charge in [-0.25, -0.2) is 14.3 Å². The number of carboxylic acid groups (broad SMARTS) is 1. The number of rotatable bonds is 5. The number of aromatic nitrogens is 2. The molecule has 3 amide bonds.